The highest BCUT2D eigenvalue weighted by molar-refractivity contribution is 5.25. The van der Waals surface area contributed by atoms with E-state index in [1.807, 2.05) is 24.3 Å². The largest absolute Gasteiger partial charge is 0.263 e. The molecule has 1 fully saturated rings. The van der Waals surface area contributed by atoms with Crippen LogP contribution in [-0.4, -0.2) is 21.7 Å². The van der Waals surface area contributed by atoms with Crippen molar-refractivity contribution in [3.05, 3.63) is 83.2 Å². The monoisotopic (exact) mass is 323 g/mol. The van der Waals surface area contributed by atoms with E-state index in [0.29, 0.717) is 13.0 Å². The van der Waals surface area contributed by atoms with Crippen molar-refractivity contribution in [2.24, 2.45) is 0 Å². The van der Waals surface area contributed by atoms with E-state index in [-0.39, 0.29) is 17.8 Å². The molecule has 0 saturated carbocycles. The summed E-state index contributed by atoms with van der Waals surface area (Å²) in [5, 5.41) is 7.41. The molecular formula is C18H18FN5. The lowest BCUT2D eigenvalue weighted by Crippen LogP contribution is -2.25. The number of nitrogens with one attached hydrogen (secondary N) is 3. The van der Waals surface area contributed by atoms with Gasteiger partial charge >= 0.3 is 0 Å². The molecule has 2 atom stereocenters. The third-order valence-corrected chi connectivity index (χ3v) is 4.28. The molecule has 1 aliphatic rings. The lowest BCUT2D eigenvalue weighted by molar-refractivity contribution is 0.536. The summed E-state index contributed by atoms with van der Waals surface area (Å²) in [4.78, 5) is 4.65. The fourth-order valence-corrected chi connectivity index (χ4v) is 3.10. The van der Waals surface area contributed by atoms with Gasteiger partial charge in [0.25, 0.3) is 0 Å². The minimum absolute atomic E-state index is 0.0487. The van der Waals surface area contributed by atoms with Crippen LogP contribution < -0.4 is 10.9 Å². The number of H-pyrrole nitrogens is 1. The van der Waals surface area contributed by atoms with Gasteiger partial charge in [-0.1, -0.05) is 42.5 Å². The number of hydrogen-bond acceptors (Lipinski definition) is 4. The van der Waals surface area contributed by atoms with E-state index in [4.69, 9.17) is 0 Å². The first kappa shape index (κ1) is 15.0. The molecule has 24 heavy (non-hydrogen) atoms. The lowest BCUT2D eigenvalue weighted by atomic mass is 9.94. The first-order valence-corrected chi connectivity index (χ1v) is 7.98. The standard InChI is InChI=1S/C18H18FN5/c19-14-8-4-7-13(10-14)17-15(11-20-23-17)18-21-16(22-24-18)9-12-5-2-1-3-6-12/h1-8,10,15,17,20,23H,9,11H2,(H,21,22,24). The van der Waals surface area contributed by atoms with Gasteiger partial charge < -0.3 is 0 Å². The van der Waals surface area contributed by atoms with Crippen LogP contribution in [0.2, 0.25) is 0 Å². The number of nitrogens with zero attached hydrogens (tertiary/aromatic N) is 2. The van der Waals surface area contributed by atoms with Crippen LogP contribution in [0.4, 0.5) is 4.39 Å². The summed E-state index contributed by atoms with van der Waals surface area (Å²) in [6.45, 7) is 0.698. The zero-order chi connectivity index (χ0) is 16.4. The van der Waals surface area contributed by atoms with Crippen LogP contribution in [-0.2, 0) is 6.42 Å². The van der Waals surface area contributed by atoms with Crippen molar-refractivity contribution in [3.8, 4) is 0 Å². The molecule has 1 saturated heterocycles. The van der Waals surface area contributed by atoms with E-state index in [9.17, 15) is 4.39 Å². The van der Waals surface area contributed by atoms with Crippen LogP contribution in [0.15, 0.2) is 54.6 Å². The number of hydrogen-bond donors (Lipinski definition) is 3. The van der Waals surface area contributed by atoms with Crippen LogP contribution in [0.3, 0.4) is 0 Å². The minimum atomic E-state index is -0.236. The molecule has 3 N–H and O–H groups in total. The quantitative estimate of drug-likeness (QED) is 0.690. The van der Waals surface area contributed by atoms with Gasteiger partial charge in [-0.25, -0.2) is 14.8 Å². The Hall–Kier alpha value is -2.57. The predicted octanol–water partition coefficient (Wildman–Crippen LogP) is 2.47. The molecule has 1 aliphatic heterocycles. The summed E-state index contributed by atoms with van der Waals surface area (Å²) in [5.41, 5.74) is 8.40. The molecular weight excluding hydrogens is 305 g/mol. The Labute approximate surface area is 139 Å². The van der Waals surface area contributed by atoms with Crippen LogP contribution in [0, 0.1) is 5.82 Å². The highest BCUT2D eigenvalue weighted by Gasteiger charge is 2.32. The molecule has 0 spiro atoms. The smallest absolute Gasteiger partial charge is 0.157 e. The number of rotatable bonds is 4. The number of benzene rings is 2. The van der Waals surface area contributed by atoms with Crippen LogP contribution in [0.25, 0.3) is 0 Å². The van der Waals surface area contributed by atoms with E-state index >= 15 is 0 Å². The average molecular weight is 323 g/mol. The number of halogens is 1. The van der Waals surface area contributed by atoms with Crippen molar-refractivity contribution >= 4 is 0 Å². The Bertz CT molecular complexity index is 817. The first-order chi connectivity index (χ1) is 11.8. The second-order valence-corrected chi connectivity index (χ2v) is 5.97. The average Bonchev–Trinajstić information content (AvgIpc) is 3.24. The summed E-state index contributed by atoms with van der Waals surface area (Å²) >= 11 is 0. The third kappa shape index (κ3) is 3.06. The van der Waals surface area contributed by atoms with Crippen LogP contribution in [0.1, 0.15) is 34.7 Å². The van der Waals surface area contributed by atoms with Gasteiger partial charge in [0.15, 0.2) is 5.82 Å². The predicted molar refractivity (Wildman–Crippen MR) is 88.7 cm³/mol. The molecule has 1 aromatic heterocycles. The van der Waals surface area contributed by atoms with Gasteiger partial charge in [-0.05, 0) is 23.3 Å². The van der Waals surface area contributed by atoms with Gasteiger partial charge in [-0.3, -0.25) is 10.5 Å². The second kappa shape index (κ2) is 6.51. The van der Waals surface area contributed by atoms with E-state index in [1.54, 1.807) is 12.1 Å². The maximum absolute atomic E-state index is 13.5. The maximum atomic E-state index is 13.5. The normalized spacial score (nSPS) is 20.4. The van der Waals surface area contributed by atoms with Crippen molar-refractivity contribution in [3.63, 3.8) is 0 Å². The molecule has 0 amide bonds. The van der Waals surface area contributed by atoms with Gasteiger partial charge in [0.1, 0.15) is 11.6 Å². The Balaban J connectivity index is 1.55. The Morgan fingerprint density at radius 3 is 2.79 bits per heavy atom. The highest BCUT2D eigenvalue weighted by Crippen LogP contribution is 2.31. The summed E-state index contributed by atoms with van der Waals surface area (Å²) in [5.74, 6) is 1.39. The third-order valence-electron chi connectivity index (χ3n) is 4.28. The Morgan fingerprint density at radius 2 is 1.96 bits per heavy atom. The van der Waals surface area contributed by atoms with Crippen molar-refractivity contribution in [1.82, 2.24) is 26.0 Å². The minimum Gasteiger partial charge on any atom is -0.263 e. The number of hydrazine groups is 1. The van der Waals surface area contributed by atoms with E-state index in [1.165, 1.54) is 11.6 Å². The van der Waals surface area contributed by atoms with Crippen molar-refractivity contribution in [2.45, 2.75) is 18.4 Å². The van der Waals surface area contributed by atoms with E-state index in [2.05, 4.69) is 38.2 Å². The fourth-order valence-electron chi connectivity index (χ4n) is 3.10. The molecule has 4 rings (SSSR count). The topological polar surface area (TPSA) is 65.6 Å². The second-order valence-electron chi connectivity index (χ2n) is 5.97. The number of aromatic nitrogens is 3. The highest BCUT2D eigenvalue weighted by atomic mass is 19.1. The van der Waals surface area contributed by atoms with E-state index < -0.39 is 0 Å². The van der Waals surface area contributed by atoms with Gasteiger partial charge in [0, 0.05) is 13.0 Å². The molecule has 2 heterocycles. The van der Waals surface area contributed by atoms with Crippen molar-refractivity contribution < 1.29 is 4.39 Å². The molecule has 0 aliphatic carbocycles. The number of aromatic amines is 1. The fraction of sp³-hybridized carbons (Fsp3) is 0.222. The van der Waals surface area contributed by atoms with Crippen molar-refractivity contribution in [2.75, 3.05) is 6.54 Å². The molecule has 6 heteroatoms. The SMILES string of the molecule is Fc1cccc(C2NNCC2c2n[nH]c(Cc3ccccc3)n2)c1. The first-order valence-electron chi connectivity index (χ1n) is 7.98. The van der Waals surface area contributed by atoms with Gasteiger partial charge in [-0.2, -0.15) is 5.10 Å². The molecule has 2 aromatic carbocycles. The molecule has 5 nitrogen and oxygen atoms in total. The summed E-state index contributed by atoms with van der Waals surface area (Å²) in [6.07, 6.45) is 0.714. The van der Waals surface area contributed by atoms with Crippen molar-refractivity contribution in [1.29, 1.82) is 0 Å². The molecule has 0 bridgehead atoms. The summed E-state index contributed by atoms with van der Waals surface area (Å²) in [6, 6.07) is 16.7. The molecule has 122 valence electrons. The summed E-state index contributed by atoms with van der Waals surface area (Å²) in [7, 11) is 0. The van der Waals surface area contributed by atoms with Crippen LogP contribution in [0.5, 0.6) is 0 Å². The Morgan fingerprint density at radius 1 is 1.08 bits per heavy atom. The van der Waals surface area contributed by atoms with E-state index in [0.717, 1.165) is 17.2 Å². The molecule has 0 radical (unpaired) electrons. The molecule has 3 aromatic rings. The zero-order valence-corrected chi connectivity index (χ0v) is 13.0. The van der Waals surface area contributed by atoms with Gasteiger partial charge in [-0.15, -0.1) is 0 Å². The Kier molecular flexibility index (Phi) is 4.06. The zero-order valence-electron chi connectivity index (χ0n) is 13.0. The molecule has 2 unspecified atom stereocenters. The van der Waals surface area contributed by atoms with Gasteiger partial charge in [0.05, 0.1) is 12.0 Å². The van der Waals surface area contributed by atoms with Gasteiger partial charge in [0.2, 0.25) is 0 Å². The lowest BCUT2D eigenvalue weighted by Gasteiger charge is -2.16. The summed E-state index contributed by atoms with van der Waals surface area (Å²) < 4.78 is 13.5. The maximum Gasteiger partial charge on any atom is 0.157 e. The van der Waals surface area contributed by atoms with Crippen LogP contribution >= 0.6 is 0 Å².